The number of carbonyl (C=O) groups excluding carboxylic acids is 5. The monoisotopic (exact) mass is 826 g/mol. The molecule has 0 bridgehead atoms. The molecule has 2 aromatic heterocycles. The van der Waals surface area contributed by atoms with Gasteiger partial charge < -0.3 is 30.3 Å². The number of hydrogen-bond acceptors (Lipinski definition) is 14. The highest BCUT2D eigenvalue weighted by Crippen LogP contribution is 2.32. The highest BCUT2D eigenvalue weighted by atomic mass is 35.5. The zero-order valence-corrected chi connectivity index (χ0v) is 32.7. The van der Waals surface area contributed by atoms with E-state index in [1.54, 1.807) is 37.3 Å². The van der Waals surface area contributed by atoms with Crippen LogP contribution in [0.25, 0.3) is 0 Å². The molecule has 0 radical (unpaired) electrons. The number of benzene rings is 2. The second-order valence-corrected chi connectivity index (χ2v) is 13.9. The first-order valence-electron chi connectivity index (χ1n) is 18.7. The summed E-state index contributed by atoms with van der Waals surface area (Å²) in [6, 6.07) is 14.5. The molecule has 2 aliphatic rings. The maximum absolute atomic E-state index is 15.0. The predicted molar refractivity (Wildman–Crippen MR) is 213 cm³/mol. The number of carbonyl (C=O) groups is 5. The summed E-state index contributed by atoms with van der Waals surface area (Å²) in [5.41, 5.74) is 3.66. The van der Waals surface area contributed by atoms with Crippen molar-refractivity contribution in [3.63, 3.8) is 0 Å². The average Bonchev–Trinajstić information content (AvgIpc) is 3.49. The molecule has 0 aliphatic carbocycles. The van der Waals surface area contributed by atoms with Crippen molar-refractivity contribution in [3.05, 3.63) is 99.3 Å². The Morgan fingerprint density at radius 1 is 1.05 bits per heavy atom. The van der Waals surface area contributed by atoms with E-state index in [2.05, 4.69) is 41.9 Å². The third-order valence-corrected chi connectivity index (χ3v) is 9.96. The number of nitriles is 1. The normalized spacial score (nSPS) is 13.6. The minimum absolute atomic E-state index is 0.0179. The standard InChI is InChI=1S/C40H40ClFN10O7/c1-24(5-10-34(54)48-23-53)52-39(56)28-3-2-4-31(35(28)40(52)57)44-12-15-58-17-18-59-16-13-45-38(55)29-8-9-33(49-36(29)42)50-37-27-11-14-51(21-32(27)46-22-47-37)26-7-6-25(20-43)30(41)19-26/h2-4,6-9,19,22-24,44H,5,10-18,21H2,1H3,(H,45,55)(H,48,53,54)(H,46,47,49,50). The summed E-state index contributed by atoms with van der Waals surface area (Å²) in [6.07, 6.45) is 2.47. The van der Waals surface area contributed by atoms with E-state index < -0.39 is 35.6 Å². The predicted octanol–water partition coefficient (Wildman–Crippen LogP) is 3.75. The van der Waals surface area contributed by atoms with Crippen LogP contribution in [0.2, 0.25) is 5.02 Å². The van der Waals surface area contributed by atoms with Crippen molar-refractivity contribution in [3.8, 4) is 6.07 Å². The van der Waals surface area contributed by atoms with Gasteiger partial charge in [0.1, 0.15) is 24.0 Å². The molecule has 1 atom stereocenters. The van der Waals surface area contributed by atoms with Crippen LogP contribution in [0.1, 0.15) is 67.7 Å². The van der Waals surface area contributed by atoms with Crippen LogP contribution in [0.4, 0.5) is 27.4 Å². The third kappa shape index (κ3) is 10.1. The van der Waals surface area contributed by atoms with Crippen LogP contribution < -0.4 is 26.2 Å². The SMILES string of the molecule is CC(CCC(=O)NC=O)N1C(=O)c2cccc(NCCOCCOCCNC(=O)c3ccc(Nc4ncnc5c4CCN(c4ccc(C#N)c(Cl)c4)C5)nc3F)c2C1=O. The molecule has 4 N–H and O–H groups in total. The van der Waals surface area contributed by atoms with E-state index in [4.69, 9.17) is 21.1 Å². The Bertz CT molecular complexity index is 2290. The van der Waals surface area contributed by atoms with E-state index in [0.717, 1.165) is 21.8 Å². The molecule has 4 heterocycles. The highest BCUT2D eigenvalue weighted by Gasteiger charge is 2.40. The molecule has 2 aliphatic heterocycles. The van der Waals surface area contributed by atoms with Crippen molar-refractivity contribution in [1.29, 1.82) is 5.26 Å². The summed E-state index contributed by atoms with van der Waals surface area (Å²) in [7, 11) is 0. The second-order valence-electron chi connectivity index (χ2n) is 13.4. The number of hydrogen-bond donors (Lipinski definition) is 4. The van der Waals surface area contributed by atoms with Gasteiger partial charge in [-0.1, -0.05) is 17.7 Å². The minimum atomic E-state index is -0.955. The van der Waals surface area contributed by atoms with E-state index in [1.165, 1.54) is 18.5 Å². The van der Waals surface area contributed by atoms with Crippen LogP contribution in [0.15, 0.2) is 54.9 Å². The largest absolute Gasteiger partial charge is 0.382 e. The van der Waals surface area contributed by atoms with Gasteiger partial charge in [0.05, 0.1) is 65.9 Å². The van der Waals surface area contributed by atoms with Gasteiger partial charge in [-0.15, -0.1) is 0 Å². The van der Waals surface area contributed by atoms with Crippen LogP contribution in [0.3, 0.4) is 0 Å². The van der Waals surface area contributed by atoms with Gasteiger partial charge >= 0.3 is 0 Å². The number of aromatic nitrogens is 3. The Morgan fingerprint density at radius 3 is 2.59 bits per heavy atom. The zero-order valence-electron chi connectivity index (χ0n) is 31.9. The summed E-state index contributed by atoms with van der Waals surface area (Å²) in [5, 5.41) is 20.4. The molecule has 17 nitrogen and oxygen atoms in total. The van der Waals surface area contributed by atoms with E-state index in [-0.39, 0.29) is 74.7 Å². The van der Waals surface area contributed by atoms with Gasteiger partial charge in [0, 0.05) is 49.0 Å². The maximum Gasteiger partial charge on any atom is 0.263 e. The lowest BCUT2D eigenvalue weighted by atomic mass is 10.0. The van der Waals surface area contributed by atoms with Gasteiger partial charge in [0.15, 0.2) is 0 Å². The first-order chi connectivity index (χ1) is 28.6. The Labute approximate surface area is 343 Å². The molecule has 0 fully saturated rings. The van der Waals surface area contributed by atoms with Crippen LogP contribution in [-0.4, -0.2) is 102 Å². The maximum atomic E-state index is 15.0. The average molecular weight is 827 g/mol. The second kappa shape index (κ2) is 19.7. The zero-order chi connectivity index (χ0) is 41.9. The molecule has 5 amide bonds. The van der Waals surface area contributed by atoms with Gasteiger partial charge in [-0.25, -0.2) is 15.0 Å². The molecule has 4 aromatic rings. The highest BCUT2D eigenvalue weighted by molar-refractivity contribution is 6.32. The summed E-state index contributed by atoms with van der Waals surface area (Å²) in [5.74, 6) is -2.36. The first kappa shape index (κ1) is 42.1. The lowest BCUT2D eigenvalue weighted by molar-refractivity contribution is -0.125. The van der Waals surface area contributed by atoms with E-state index in [9.17, 15) is 33.6 Å². The van der Waals surface area contributed by atoms with Crippen molar-refractivity contribution < 1.29 is 37.8 Å². The summed E-state index contributed by atoms with van der Waals surface area (Å²) >= 11 is 6.24. The number of halogens is 2. The molecule has 6 rings (SSSR count). The number of pyridine rings is 1. The fourth-order valence-corrected chi connectivity index (χ4v) is 6.86. The van der Waals surface area contributed by atoms with Crippen LogP contribution in [0, 0.1) is 17.3 Å². The van der Waals surface area contributed by atoms with Gasteiger partial charge in [-0.05, 0) is 62.2 Å². The van der Waals surface area contributed by atoms with E-state index in [1.807, 2.05) is 11.4 Å². The topological polar surface area (TPSA) is 221 Å². The minimum Gasteiger partial charge on any atom is -0.382 e. The van der Waals surface area contributed by atoms with Crippen molar-refractivity contribution in [2.75, 3.05) is 61.6 Å². The molecule has 0 saturated carbocycles. The number of anilines is 4. The molecule has 0 spiro atoms. The molecule has 0 saturated heterocycles. The molecule has 2 aromatic carbocycles. The van der Waals surface area contributed by atoms with Crippen LogP contribution in [0.5, 0.6) is 0 Å². The lowest BCUT2D eigenvalue weighted by Gasteiger charge is -2.30. The van der Waals surface area contributed by atoms with Gasteiger partial charge in [-0.2, -0.15) is 9.65 Å². The number of fused-ring (bicyclic) bond motifs is 2. The Morgan fingerprint density at radius 2 is 1.85 bits per heavy atom. The van der Waals surface area contributed by atoms with E-state index in [0.29, 0.717) is 48.1 Å². The quantitative estimate of drug-likeness (QED) is 0.0458. The smallest absolute Gasteiger partial charge is 0.263 e. The number of nitrogens with zero attached hydrogens (tertiary/aromatic N) is 6. The molecular weight excluding hydrogens is 787 g/mol. The van der Waals surface area contributed by atoms with Gasteiger partial charge in [-0.3, -0.25) is 34.2 Å². The molecular formula is C40H40ClFN10O7. The number of nitrogens with one attached hydrogen (secondary N) is 4. The lowest BCUT2D eigenvalue weighted by Crippen LogP contribution is -2.38. The molecule has 306 valence electrons. The first-order valence-corrected chi connectivity index (χ1v) is 19.1. The van der Waals surface area contributed by atoms with Crippen LogP contribution >= 0.6 is 11.6 Å². The number of ether oxygens (including phenoxy) is 2. The Hall–Kier alpha value is -6.55. The Balaban J connectivity index is 0.880. The summed E-state index contributed by atoms with van der Waals surface area (Å²) < 4.78 is 26.1. The fourth-order valence-electron chi connectivity index (χ4n) is 6.64. The fraction of sp³-hybridized carbons (Fsp3) is 0.325. The van der Waals surface area contributed by atoms with Crippen molar-refractivity contribution in [2.45, 2.75) is 38.8 Å². The number of amides is 5. The van der Waals surface area contributed by atoms with Gasteiger partial charge in [0.2, 0.25) is 18.3 Å². The van der Waals surface area contributed by atoms with Crippen LogP contribution in [-0.2, 0) is 32.0 Å². The Kier molecular flexibility index (Phi) is 14.1. The molecule has 1 unspecified atom stereocenters. The van der Waals surface area contributed by atoms with E-state index >= 15 is 0 Å². The molecule has 19 heteroatoms. The summed E-state index contributed by atoms with van der Waals surface area (Å²) in [4.78, 5) is 76.9. The van der Waals surface area contributed by atoms with Gasteiger partial charge in [0.25, 0.3) is 17.7 Å². The number of rotatable bonds is 19. The number of imide groups is 2. The summed E-state index contributed by atoms with van der Waals surface area (Å²) in [6.45, 7) is 4.13. The van der Waals surface area contributed by atoms with Crippen molar-refractivity contribution in [2.24, 2.45) is 0 Å². The molecule has 59 heavy (non-hydrogen) atoms. The van der Waals surface area contributed by atoms with Crippen molar-refractivity contribution >= 4 is 64.7 Å². The van der Waals surface area contributed by atoms with Crippen molar-refractivity contribution in [1.82, 2.24) is 30.5 Å². The third-order valence-electron chi connectivity index (χ3n) is 9.65.